The molecule has 0 aliphatic heterocycles. The molecule has 0 fully saturated rings. The summed E-state index contributed by atoms with van der Waals surface area (Å²) in [6.07, 6.45) is 0. The van der Waals surface area contributed by atoms with E-state index in [0.717, 1.165) is 0 Å². The van der Waals surface area contributed by atoms with Gasteiger partial charge in [-0.2, -0.15) is 0 Å². The van der Waals surface area contributed by atoms with Crippen molar-refractivity contribution in [2.24, 2.45) is 5.73 Å². The molecule has 0 amide bonds. The molecule has 110 valence electrons. The lowest BCUT2D eigenvalue weighted by atomic mass is 10.1. The second-order valence-corrected chi connectivity index (χ2v) is 6.62. The number of hydrogen-bond acceptors (Lipinski definition) is 4. The quantitative estimate of drug-likeness (QED) is 0.877. The molecule has 1 atom stereocenters. The van der Waals surface area contributed by atoms with Gasteiger partial charge >= 0.3 is 5.97 Å². The summed E-state index contributed by atoms with van der Waals surface area (Å²) in [5, 5.41) is 8.82. The van der Waals surface area contributed by atoms with E-state index in [9.17, 15) is 13.2 Å². The van der Waals surface area contributed by atoms with Gasteiger partial charge in [0.25, 0.3) is 0 Å². The number of nitrogens with two attached hydrogens (primary N) is 1. The summed E-state index contributed by atoms with van der Waals surface area (Å²) in [7, 11) is -3.46. The zero-order valence-corrected chi connectivity index (χ0v) is 12.0. The summed E-state index contributed by atoms with van der Waals surface area (Å²) in [5.74, 6) is -1.26. The molecule has 0 saturated heterocycles. The molecular weight excluding hydrogens is 290 g/mol. The van der Waals surface area contributed by atoms with E-state index in [4.69, 9.17) is 10.8 Å². The number of rotatable bonds is 5. The van der Waals surface area contributed by atoms with Gasteiger partial charge in [-0.05, 0) is 23.3 Å². The van der Waals surface area contributed by atoms with Crippen LogP contribution in [-0.4, -0.2) is 19.5 Å². The summed E-state index contributed by atoms with van der Waals surface area (Å²) >= 11 is 0. The highest BCUT2D eigenvalue weighted by molar-refractivity contribution is 7.90. The predicted molar refractivity (Wildman–Crippen MR) is 78.3 cm³/mol. The molecular formula is C15H15NO4S. The molecule has 0 aliphatic rings. The van der Waals surface area contributed by atoms with Gasteiger partial charge in [0.05, 0.1) is 10.6 Å². The van der Waals surface area contributed by atoms with E-state index in [-0.39, 0.29) is 10.6 Å². The molecule has 2 aromatic carbocycles. The Kier molecular flexibility index (Phi) is 4.40. The first-order valence-electron chi connectivity index (χ1n) is 6.25. The zero-order valence-electron chi connectivity index (χ0n) is 11.1. The predicted octanol–water partition coefficient (Wildman–Crippen LogP) is 1.74. The third kappa shape index (κ3) is 3.68. The van der Waals surface area contributed by atoms with Gasteiger partial charge < -0.3 is 10.8 Å². The molecule has 5 nitrogen and oxygen atoms in total. The van der Waals surface area contributed by atoms with E-state index in [2.05, 4.69) is 0 Å². The Labute approximate surface area is 123 Å². The van der Waals surface area contributed by atoms with Crippen LogP contribution in [0, 0.1) is 0 Å². The van der Waals surface area contributed by atoms with Gasteiger partial charge in [-0.25, -0.2) is 8.42 Å². The standard InChI is InChI=1S/C15H15NO4S/c16-14(15(17)18)12-6-8-13(9-7-12)21(19,20)10-11-4-2-1-3-5-11/h1-9,14H,10,16H2,(H,17,18)/t14-/m1/s1. The smallest absolute Gasteiger partial charge is 0.325 e. The van der Waals surface area contributed by atoms with Gasteiger partial charge in [0, 0.05) is 0 Å². The van der Waals surface area contributed by atoms with Crippen LogP contribution in [0.3, 0.4) is 0 Å². The van der Waals surface area contributed by atoms with E-state index >= 15 is 0 Å². The van der Waals surface area contributed by atoms with Crippen molar-refractivity contribution in [2.45, 2.75) is 16.7 Å². The van der Waals surface area contributed by atoms with Gasteiger partial charge in [0.1, 0.15) is 6.04 Å². The fourth-order valence-corrected chi connectivity index (χ4v) is 3.25. The van der Waals surface area contributed by atoms with Crippen LogP contribution in [0.15, 0.2) is 59.5 Å². The molecule has 0 aromatic heterocycles. The largest absolute Gasteiger partial charge is 0.480 e. The molecule has 0 saturated carbocycles. The van der Waals surface area contributed by atoms with Crippen LogP contribution in [-0.2, 0) is 20.4 Å². The highest BCUT2D eigenvalue weighted by Gasteiger charge is 2.18. The lowest BCUT2D eigenvalue weighted by molar-refractivity contribution is -0.138. The van der Waals surface area contributed by atoms with Gasteiger partial charge in [-0.3, -0.25) is 4.79 Å². The van der Waals surface area contributed by atoms with Crippen molar-refractivity contribution >= 4 is 15.8 Å². The normalized spacial score (nSPS) is 12.8. The summed E-state index contributed by atoms with van der Waals surface area (Å²) in [4.78, 5) is 10.9. The lowest BCUT2D eigenvalue weighted by Crippen LogP contribution is -2.20. The highest BCUT2D eigenvalue weighted by atomic mass is 32.2. The minimum Gasteiger partial charge on any atom is -0.480 e. The topological polar surface area (TPSA) is 97.5 Å². The molecule has 0 aliphatic carbocycles. The molecule has 0 bridgehead atoms. The van der Waals surface area contributed by atoms with Gasteiger partial charge in [0.15, 0.2) is 9.84 Å². The van der Waals surface area contributed by atoms with Crippen molar-refractivity contribution in [3.8, 4) is 0 Å². The first-order valence-corrected chi connectivity index (χ1v) is 7.90. The Balaban J connectivity index is 2.23. The van der Waals surface area contributed by atoms with Crippen molar-refractivity contribution in [3.05, 3.63) is 65.7 Å². The molecule has 0 spiro atoms. The lowest BCUT2D eigenvalue weighted by Gasteiger charge is -2.09. The van der Waals surface area contributed by atoms with E-state index in [1.54, 1.807) is 24.3 Å². The second kappa shape index (κ2) is 6.07. The average Bonchev–Trinajstić information content (AvgIpc) is 2.47. The number of aliphatic carboxylic acids is 1. The number of hydrogen-bond donors (Lipinski definition) is 2. The Morgan fingerprint density at radius 2 is 1.62 bits per heavy atom. The van der Waals surface area contributed by atoms with Crippen LogP contribution in [0.5, 0.6) is 0 Å². The van der Waals surface area contributed by atoms with Gasteiger partial charge in [0.2, 0.25) is 0 Å². The number of benzene rings is 2. The van der Waals surface area contributed by atoms with E-state index in [0.29, 0.717) is 11.1 Å². The van der Waals surface area contributed by atoms with Crippen molar-refractivity contribution in [3.63, 3.8) is 0 Å². The van der Waals surface area contributed by atoms with Crippen LogP contribution in [0.25, 0.3) is 0 Å². The first-order chi connectivity index (χ1) is 9.90. The molecule has 2 rings (SSSR count). The fraction of sp³-hybridized carbons (Fsp3) is 0.133. The minimum absolute atomic E-state index is 0.0990. The molecule has 0 heterocycles. The Morgan fingerprint density at radius 3 is 2.14 bits per heavy atom. The number of carboxylic acids is 1. The minimum atomic E-state index is -3.46. The van der Waals surface area contributed by atoms with Crippen LogP contribution in [0.2, 0.25) is 0 Å². The van der Waals surface area contributed by atoms with Crippen LogP contribution >= 0.6 is 0 Å². The van der Waals surface area contributed by atoms with Gasteiger partial charge in [-0.1, -0.05) is 42.5 Å². The summed E-state index contributed by atoms with van der Waals surface area (Å²) in [5.41, 5.74) is 6.53. The number of carbonyl (C=O) groups is 1. The molecule has 0 unspecified atom stereocenters. The SMILES string of the molecule is N[C@@H](C(=O)O)c1ccc(S(=O)(=O)Cc2ccccc2)cc1. The molecule has 3 N–H and O–H groups in total. The van der Waals surface area contributed by atoms with Crippen LogP contribution in [0.4, 0.5) is 0 Å². The molecule has 21 heavy (non-hydrogen) atoms. The molecule has 0 radical (unpaired) electrons. The van der Waals surface area contributed by atoms with Crippen molar-refractivity contribution in [1.82, 2.24) is 0 Å². The summed E-state index contributed by atoms with van der Waals surface area (Å²) in [6, 6.07) is 13.3. The Hall–Kier alpha value is -2.18. The fourth-order valence-electron chi connectivity index (χ4n) is 1.90. The summed E-state index contributed by atoms with van der Waals surface area (Å²) < 4.78 is 24.5. The van der Waals surface area contributed by atoms with Crippen molar-refractivity contribution < 1.29 is 18.3 Å². The number of sulfone groups is 1. The Bertz CT molecular complexity index is 724. The highest BCUT2D eigenvalue weighted by Crippen LogP contribution is 2.19. The maximum atomic E-state index is 12.3. The average molecular weight is 305 g/mol. The van der Waals surface area contributed by atoms with Crippen LogP contribution < -0.4 is 5.73 Å². The van der Waals surface area contributed by atoms with Crippen LogP contribution in [0.1, 0.15) is 17.2 Å². The third-order valence-electron chi connectivity index (χ3n) is 3.06. The van der Waals surface area contributed by atoms with E-state index < -0.39 is 21.8 Å². The Morgan fingerprint density at radius 1 is 1.05 bits per heavy atom. The van der Waals surface area contributed by atoms with Crippen molar-refractivity contribution in [1.29, 1.82) is 0 Å². The molecule has 6 heteroatoms. The van der Waals surface area contributed by atoms with Gasteiger partial charge in [-0.15, -0.1) is 0 Å². The third-order valence-corrected chi connectivity index (χ3v) is 4.77. The summed E-state index contributed by atoms with van der Waals surface area (Å²) in [6.45, 7) is 0. The second-order valence-electron chi connectivity index (χ2n) is 4.63. The maximum Gasteiger partial charge on any atom is 0.325 e. The van der Waals surface area contributed by atoms with Crippen molar-refractivity contribution in [2.75, 3.05) is 0 Å². The zero-order chi connectivity index (χ0) is 15.5. The number of carboxylic acid groups (broad SMARTS) is 1. The van der Waals surface area contributed by atoms with E-state index in [1.165, 1.54) is 24.3 Å². The molecule has 2 aromatic rings. The monoisotopic (exact) mass is 305 g/mol. The maximum absolute atomic E-state index is 12.3. The van der Waals surface area contributed by atoms with E-state index in [1.807, 2.05) is 6.07 Å². The first kappa shape index (κ1) is 15.2.